The Morgan fingerprint density at radius 1 is 1.32 bits per heavy atom. The van der Waals surface area contributed by atoms with Crippen LogP contribution in [0, 0.1) is 5.92 Å². The van der Waals surface area contributed by atoms with Gasteiger partial charge in [0.15, 0.2) is 0 Å². The quantitative estimate of drug-likeness (QED) is 0.903. The van der Waals surface area contributed by atoms with Crippen molar-refractivity contribution < 1.29 is 9.90 Å². The van der Waals surface area contributed by atoms with Crippen molar-refractivity contribution in [1.29, 1.82) is 0 Å². The Morgan fingerprint density at radius 2 is 2.05 bits per heavy atom. The van der Waals surface area contributed by atoms with Gasteiger partial charge in [0.05, 0.1) is 5.92 Å². The molecule has 19 heavy (non-hydrogen) atoms. The molecule has 3 nitrogen and oxygen atoms in total. The van der Waals surface area contributed by atoms with Crippen LogP contribution in [0.4, 0.5) is 0 Å². The second-order valence-corrected chi connectivity index (χ2v) is 6.03. The van der Waals surface area contributed by atoms with Crippen LogP contribution in [0.3, 0.4) is 0 Å². The number of carboxylic acids is 1. The van der Waals surface area contributed by atoms with Crippen LogP contribution >= 0.6 is 0 Å². The van der Waals surface area contributed by atoms with Crippen molar-refractivity contribution in [3.05, 3.63) is 34.9 Å². The molecule has 1 aromatic carbocycles. The van der Waals surface area contributed by atoms with Gasteiger partial charge in [0.2, 0.25) is 0 Å². The van der Waals surface area contributed by atoms with E-state index in [1.54, 1.807) is 0 Å². The SMILES string of the molecule is CN(Cc1ccc2c(c1)CCC2)C1CC(C(=O)O)C1. The molecule has 3 rings (SSSR count). The maximum absolute atomic E-state index is 10.8. The van der Waals surface area contributed by atoms with E-state index in [2.05, 4.69) is 30.1 Å². The lowest BCUT2D eigenvalue weighted by atomic mass is 9.79. The molecular formula is C16H21NO2. The van der Waals surface area contributed by atoms with Crippen molar-refractivity contribution >= 4 is 5.97 Å². The fourth-order valence-electron chi connectivity index (χ4n) is 3.29. The zero-order valence-corrected chi connectivity index (χ0v) is 11.4. The van der Waals surface area contributed by atoms with Crippen molar-refractivity contribution in [2.45, 2.75) is 44.7 Å². The molecule has 2 aliphatic rings. The van der Waals surface area contributed by atoms with Crippen molar-refractivity contribution in [3.63, 3.8) is 0 Å². The number of carboxylic acid groups (broad SMARTS) is 1. The van der Waals surface area contributed by atoms with Crippen molar-refractivity contribution in [2.24, 2.45) is 5.92 Å². The molecule has 1 saturated carbocycles. The lowest BCUT2D eigenvalue weighted by molar-refractivity contribution is -0.146. The Hall–Kier alpha value is -1.35. The summed E-state index contributed by atoms with van der Waals surface area (Å²) >= 11 is 0. The summed E-state index contributed by atoms with van der Waals surface area (Å²) in [5.41, 5.74) is 4.39. The monoisotopic (exact) mass is 259 g/mol. The third-order valence-electron chi connectivity index (χ3n) is 4.68. The molecule has 0 unspecified atom stereocenters. The summed E-state index contributed by atoms with van der Waals surface area (Å²) in [6.45, 7) is 0.935. The van der Waals surface area contributed by atoms with E-state index in [1.807, 2.05) is 0 Å². The smallest absolute Gasteiger partial charge is 0.306 e. The molecule has 0 atom stereocenters. The number of aryl methyl sites for hydroxylation is 2. The first kappa shape index (κ1) is 12.7. The molecule has 2 aliphatic carbocycles. The van der Waals surface area contributed by atoms with Gasteiger partial charge in [0, 0.05) is 12.6 Å². The number of nitrogens with zero attached hydrogens (tertiary/aromatic N) is 1. The Bertz CT molecular complexity index is 492. The maximum Gasteiger partial charge on any atom is 0.306 e. The zero-order valence-electron chi connectivity index (χ0n) is 11.4. The number of rotatable bonds is 4. The Morgan fingerprint density at radius 3 is 2.79 bits per heavy atom. The number of hydrogen-bond donors (Lipinski definition) is 1. The maximum atomic E-state index is 10.8. The molecule has 102 valence electrons. The van der Waals surface area contributed by atoms with Gasteiger partial charge in [-0.1, -0.05) is 18.2 Å². The van der Waals surface area contributed by atoms with Gasteiger partial charge in [0.25, 0.3) is 0 Å². The first-order valence-electron chi connectivity index (χ1n) is 7.17. The molecule has 0 bridgehead atoms. The summed E-state index contributed by atoms with van der Waals surface area (Å²) in [4.78, 5) is 13.1. The minimum Gasteiger partial charge on any atom is -0.481 e. The second kappa shape index (κ2) is 4.97. The number of aliphatic carboxylic acids is 1. The van der Waals surface area contributed by atoms with Crippen molar-refractivity contribution in [3.8, 4) is 0 Å². The average Bonchev–Trinajstić information content (AvgIpc) is 2.73. The van der Waals surface area contributed by atoms with Crippen LogP contribution < -0.4 is 0 Å². The lowest BCUT2D eigenvalue weighted by Crippen LogP contribution is -2.44. The zero-order chi connectivity index (χ0) is 13.4. The van der Waals surface area contributed by atoms with Crippen LogP contribution in [-0.4, -0.2) is 29.1 Å². The highest BCUT2D eigenvalue weighted by atomic mass is 16.4. The summed E-state index contributed by atoms with van der Waals surface area (Å²) in [6.07, 6.45) is 5.34. The van der Waals surface area contributed by atoms with Gasteiger partial charge in [-0.15, -0.1) is 0 Å². The predicted octanol–water partition coefficient (Wildman–Crippen LogP) is 2.47. The minimum atomic E-state index is -0.637. The Labute approximate surface area is 114 Å². The summed E-state index contributed by atoms with van der Waals surface area (Å²) in [5.74, 6) is -0.755. The number of hydrogen-bond acceptors (Lipinski definition) is 2. The van der Waals surface area contributed by atoms with Crippen molar-refractivity contribution in [1.82, 2.24) is 4.90 Å². The molecule has 0 aliphatic heterocycles. The van der Waals surface area contributed by atoms with Gasteiger partial charge in [-0.3, -0.25) is 9.69 Å². The van der Waals surface area contributed by atoms with E-state index in [4.69, 9.17) is 5.11 Å². The van der Waals surface area contributed by atoms with Gasteiger partial charge < -0.3 is 5.11 Å². The van der Waals surface area contributed by atoms with E-state index in [1.165, 1.54) is 36.0 Å². The number of carbonyl (C=O) groups is 1. The molecule has 0 saturated heterocycles. The second-order valence-electron chi connectivity index (χ2n) is 6.03. The molecule has 0 amide bonds. The van der Waals surface area contributed by atoms with Crippen LogP contribution in [0.5, 0.6) is 0 Å². The standard InChI is InChI=1S/C16H21NO2/c1-17(15-8-14(9-15)16(18)19)10-11-5-6-12-3-2-4-13(12)7-11/h5-7,14-15H,2-4,8-10H2,1H3,(H,18,19). The Balaban J connectivity index is 1.58. The van der Waals surface area contributed by atoms with Gasteiger partial charge in [-0.05, 0) is 55.8 Å². The number of fused-ring (bicyclic) bond motifs is 1. The first-order valence-corrected chi connectivity index (χ1v) is 7.17. The van der Waals surface area contributed by atoms with E-state index < -0.39 is 5.97 Å². The fraction of sp³-hybridized carbons (Fsp3) is 0.562. The fourth-order valence-corrected chi connectivity index (χ4v) is 3.29. The number of benzene rings is 1. The third-order valence-corrected chi connectivity index (χ3v) is 4.68. The van der Waals surface area contributed by atoms with E-state index in [9.17, 15) is 4.79 Å². The highest BCUT2D eigenvalue weighted by molar-refractivity contribution is 5.71. The highest BCUT2D eigenvalue weighted by Gasteiger charge is 2.36. The van der Waals surface area contributed by atoms with E-state index >= 15 is 0 Å². The third kappa shape index (κ3) is 2.52. The largest absolute Gasteiger partial charge is 0.481 e. The average molecular weight is 259 g/mol. The van der Waals surface area contributed by atoms with E-state index in [0.717, 1.165) is 19.4 Å². The van der Waals surface area contributed by atoms with Gasteiger partial charge in [0.1, 0.15) is 0 Å². The van der Waals surface area contributed by atoms with Gasteiger partial charge in [-0.25, -0.2) is 0 Å². The predicted molar refractivity (Wildman–Crippen MR) is 74.1 cm³/mol. The molecule has 1 fully saturated rings. The van der Waals surface area contributed by atoms with Crippen LogP contribution in [-0.2, 0) is 24.2 Å². The minimum absolute atomic E-state index is 0.118. The van der Waals surface area contributed by atoms with Gasteiger partial charge in [-0.2, -0.15) is 0 Å². The van der Waals surface area contributed by atoms with E-state index in [0.29, 0.717) is 6.04 Å². The van der Waals surface area contributed by atoms with Crippen LogP contribution in [0.2, 0.25) is 0 Å². The van der Waals surface area contributed by atoms with E-state index in [-0.39, 0.29) is 5.92 Å². The molecule has 0 heterocycles. The lowest BCUT2D eigenvalue weighted by Gasteiger charge is -2.39. The van der Waals surface area contributed by atoms with Crippen molar-refractivity contribution in [2.75, 3.05) is 7.05 Å². The van der Waals surface area contributed by atoms with Crippen LogP contribution in [0.25, 0.3) is 0 Å². The van der Waals surface area contributed by atoms with Gasteiger partial charge >= 0.3 is 5.97 Å². The molecule has 3 heteroatoms. The molecule has 0 spiro atoms. The first-order chi connectivity index (χ1) is 9.13. The topological polar surface area (TPSA) is 40.5 Å². The summed E-state index contributed by atoms with van der Waals surface area (Å²) in [6, 6.07) is 7.28. The molecule has 1 N–H and O–H groups in total. The summed E-state index contributed by atoms with van der Waals surface area (Å²) < 4.78 is 0. The highest BCUT2D eigenvalue weighted by Crippen LogP contribution is 2.32. The summed E-state index contributed by atoms with van der Waals surface area (Å²) in [7, 11) is 2.11. The van der Waals surface area contributed by atoms with Crippen LogP contribution in [0.1, 0.15) is 36.0 Å². The Kier molecular flexibility index (Phi) is 3.31. The molecule has 1 aromatic rings. The molecular weight excluding hydrogens is 238 g/mol. The summed E-state index contributed by atoms with van der Waals surface area (Å²) in [5, 5.41) is 8.91. The normalized spacial score (nSPS) is 25.2. The molecule has 0 aromatic heterocycles. The van der Waals surface area contributed by atoms with Crippen LogP contribution in [0.15, 0.2) is 18.2 Å². The molecule has 0 radical (unpaired) electrons.